The second kappa shape index (κ2) is 5.34. The van der Waals surface area contributed by atoms with Crippen LogP contribution in [0.4, 0.5) is 0 Å². The molecule has 0 heterocycles. The van der Waals surface area contributed by atoms with Crippen molar-refractivity contribution in [3.05, 3.63) is 33.4 Å². The molecular formula is C11H13IO2. The molecule has 3 heteroatoms. The fourth-order valence-corrected chi connectivity index (χ4v) is 1.56. The number of ether oxygens (including phenoxy) is 1. The Morgan fingerprint density at radius 3 is 2.79 bits per heavy atom. The minimum absolute atomic E-state index is 0.0576. The monoisotopic (exact) mass is 308 g/mol. The lowest BCUT2D eigenvalue weighted by Gasteiger charge is -2.06. The maximum absolute atomic E-state index is 11.2. The molecule has 0 radical (unpaired) electrons. The first-order valence-corrected chi connectivity index (χ1v) is 5.58. The van der Waals surface area contributed by atoms with E-state index in [-0.39, 0.29) is 11.9 Å². The van der Waals surface area contributed by atoms with Gasteiger partial charge in [0.1, 0.15) is 6.61 Å². The number of hydrogen-bond donors (Lipinski definition) is 0. The van der Waals surface area contributed by atoms with Crippen LogP contribution in [0.5, 0.6) is 0 Å². The fourth-order valence-electron chi connectivity index (χ4n) is 0.948. The normalized spacial score (nSPS) is 10.3. The predicted octanol–water partition coefficient (Wildman–Crippen LogP) is 2.99. The van der Waals surface area contributed by atoms with Gasteiger partial charge in [0.05, 0.1) is 5.92 Å². The van der Waals surface area contributed by atoms with E-state index in [1.165, 1.54) is 0 Å². The Morgan fingerprint density at radius 1 is 1.50 bits per heavy atom. The second-order valence-corrected chi connectivity index (χ2v) is 4.64. The number of benzene rings is 1. The lowest BCUT2D eigenvalue weighted by Crippen LogP contribution is -2.11. The van der Waals surface area contributed by atoms with Crippen LogP contribution in [-0.4, -0.2) is 5.97 Å². The zero-order valence-electron chi connectivity index (χ0n) is 8.29. The molecule has 14 heavy (non-hydrogen) atoms. The van der Waals surface area contributed by atoms with Crippen molar-refractivity contribution >= 4 is 28.6 Å². The van der Waals surface area contributed by atoms with Crippen molar-refractivity contribution in [3.8, 4) is 0 Å². The van der Waals surface area contributed by atoms with Gasteiger partial charge in [-0.25, -0.2) is 0 Å². The lowest BCUT2D eigenvalue weighted by molar-refractivity contribution is -0.148. The first-order chi connectivity index (χ1) is 6.59. The average Bonchev–Trinajstić information content (AvgIpc) is 2.14. The van der Waals surface area contributed by atoms with E-state index in [2.05, 4.69) is 22.6 Å². The van der Waals surface area contributed by atoms with E-state index in [1.807, 2.05) is 38.1 Å². The van der Waals surface area contributed by atoms with E-state index in [0.717, 1.165) is 9.13 Å². The highest BCUT2D eigenvalue weighted by Crippen LogP contribution is 2.09. The third-order valence-electron chi connectivity index (χ3n) is 1.74. The molecule has 0 fully saturated rings. The topological polar surface area (TPSA) is 26.3 Å². The number of carbonyl (C=O) groups is 1. The number of halogens is 1. The van der Waals surface area contributed by atoms with E-state index in [1.54, 1.807) is 0 Å². The molecule has 0 bridgehead atoms. The van der Waals surface area contributed by atoms with Gasteiger partial charge in [0.25, 0.3) is 0 Å². The van der Waals surface area contributed by atoms with Crippen LogP contribution in [0.1, 0.15) is 19.4 Å². The molecule has 2 nitrogen and oxygen atoms in total. The Kier molecular flexibility index (Phi) is 4.38. The molecule has 0 saturated heterocycles. The molecule has 1 aromatic rings. The Bertz CT molecular complexity index is 321. The summed E-state index contributed by atoms with van der Waals surface area (Å²) in [6, 6.07) is 7.93. The van der Waals surface area contributed by atoms with Crippen LogP contribution in [0.3, 0.4) is 0 Å². The van der Waals surface area contributed by atoms with E-state index in [4.69, 9.17) is 4.74 Å². The molecule has 0 aromatic heterocycles. The first-order valence-electron chi connectivity index (χ1n) is 4.50. The van der Waals surface area contributed by atoms with E-state index in [9.17, 15) is 4.79 Å². The van der Waals surface area contributed by atoms with Crippen LogP contribution in [-0.2, 0) is 16.1 Å². The largest absolute Gasteiger partial charge is 0.461 e. The molecule has 0 aliphatic heterocycles. The summed E-state index contributed by atoms with van der Waals surface area (Å²) < 4.78 is 6.26. The van der Waals surface area contributed by atoms with Crippen molar-refractivity contribution in [2.24, 2.45) is 5.92 Å². The molecule has 0 spiro atoms. The first kappa shape index (κ1) is 11.5. The van der Waals surface area contributed by atoms with Gasteiger partial charge in [0.15, 0.2) is 0 Å². The zero-order chi connectivity index (χ0) is 10.6. The summed E-state index contributed by atoms with van der Waals surface area (Å²) in [5.41, 5.74) is 1.03. The highest BCUT2D eigenvalue weighted by Gasteiger charge is 2.07. The molecule has 0 saturated carbocycles. The van der Waals surface area contributed by atoms with E-state index in [0.29, 0.717) is 6.61 Å². The molecule has 1 rings (SSSR count). The summed E-state index contributed by atoms with van der Waals surface area (Å²) in [7, 11) is 0. The predicted molar refractivity (Wildman–Crippen MR) is 63.8 cm³/mol. The zero-order valence-corrected chi connectivity index (χ0v) is 10.4. The average molecular weight is 308 g/mol. The molecule has 1 aromatic carbocycles. The number of rotatable bonds is 3. The third kappa shape index (κ3) is 3.65. The van der Waals surface area contributed by atoms with Crippen LogP contribution < -0.4 is 0 Å². The number of carbonyl (C=O) groups excluding carboxylic acids is 1. The quantitative estimate of drug-likeness (QED) is 0.634. The molecular weight excluding hydrogens is 295 g/mol. The molecule has 76 valence electrons. The third-order valence-corrected chi connectivity index (χ3v) is 2.41. The molecule has 0 aliphatic rings. The fraction of sp³-hybridized carbons (Fsp3) is 0.364. The maximum atomic E-state index is 11.2. The van der Waals surface area contributed by atoms with Gasteiger partial charge in [-0.1, -0.05) is 26.0 Å². The van der Waals surface area contributed by atoms with Crippen molar-refractivity contribution in [2.75, 3.05) is 0 Å². The van der Waals surface area contributed by atoms with E-state index >= 15 is 0 Å². The van der Waals surface area contributed by atoms with Crippen molar-refractivity contribution in [1.29, 1.82) is 0 Å². The van der Waals surface area contributed by atoms with Gasteiger partial charge in [-0.3, -0.25) is 4.79 Å². The second-order valence-electron chi connectivity index (χ2n) is 3.39. The van der Waals surface area contributed by atoms with Crippen molar-refractivity contribution in [2.45, 2.75) is 20.5 Å². The van der Waals surface area contributed by atoms with E-state index < -0.39 is 0 Å². The Morgan fingerprint density at radius 2 is 2.21 bits per heavy atom. The maximum Gasteiger partial charge on any atom is 0.308 e. The van der Waals surface area contributed by atoms with Gasteiger partial charge in [-0.2, -0.15) is 0 Å². The highest BCUT2D eigenvalue weighted by molar-refractivity contribution is 14.1. The van der Waals surface area contributed by atoms with Gasteiger partial charge in [0.2, 0.25) is 0 Å². The molecule has 0 unspecified atom stereocenters. The Labute approximate surface area is 97.8 Å². The molecule has 0 N–H and O–H groups in total. The summed E-state index contributed by atoms with van der Waals surface area (Å²) in [5, 5.41) is 0. The molecule has 0 atom stereocenters. The Hall–Kier alpha value is -0.580. The molecule has 0 aliphatic carbocycles. The standard InChI is InChI=1S/C11H13IO2/c1-8(2)11(13)14-7-9-4-3-5-10(12)6-9/h3-6,8H,7H2,1-2H3/i12+4. The highest BCUT2D eigenvalue weighted by atomic mass is 131. The number of esters is 1. The van der Waals surface area contributed by atoms with Gasteiger partial charge in [-0.15, -0.1) is 0 Å². The van der Waals surface area contributed by atoms with Crippen LogP contribution in [0.2, 0.25) is 0 Å². The van der Waals surface area contributed by atoms with Gasteiger partial charge < -0.3 is 4.74 Å². The van der Waals surface area contributed by atoms with Crippen molar-refractivity contribution in [3.63, 3.8) is 0 Å². The van der Waals surface area contributed by atoms with Crippen LogP contribution in [0.25, 0.3) is 0 Å². The van der Waals surface area contributed by atoms with Crippen LogP contribution >= 0.6 is 22.6 Å². The minimum Gasteiger partial charge on any atom is -0.461 e. The lowest BCUT2D eigenvalue weighted by atomic mass is 10.2. The smallest absolute Gasteiger partial charge is 0.308 e. The Balaban J connectivity index is 2.50. The summed E-state index contributed by atoms with van der Waals surface area (Å²) in [5.74, 6) is -0.207. The van der Waals surface area contributed by atoms with Crippen molar-refractivity contribution < 1.29 is 9.53 Å². The van der Waals surface area contributed by atoms with Gasteiger partial charge in [-0.05, 0) is 40.3 Å². The summed E-state index contributed by atoms with van der Waals surface area (Å²) in [6.07, 6.45) is 0. The van der Waals surface area contributed by atoms with Crippen LogP contribution in [0.15, 0.2) is 24.3 Å². The van der Waals surface area contributed by atoms with Gasteiger partial charge >= 0.3 is 5.97 Å². The van der Waals surface area contributed by atoms with Gasteiger partial charge in [0, 0.05) is 3.57 Å². The minimum atomic E-state index is -0.149. The summed E-state index contributed by atoms with van der Waals surface area (Å²) in [4.78, 5) is 11.2. The van der Waals surface area contributed by atoms with Crippen LogP contribution in [0, 0.1) is 9.49 Å². The number of hydrogen-bond acceptors (Lipinski definition) is 2. The molecule has 0 amide bonds. The summed E-state index contributed by atoms with van der Waals surface area (Å²) >= 11 is 2.24. The summed E-state index contributed by atoms with van der Waals surface area (Å²) in [6.45, 7) is 4.03. The SMILES string of the molecule is CC(C)C(=O)OCc1cccc([131I])c1. The van der Waals surface area contributed by atoms with Crippen molar-refractivity contribution in [1.82, 2.24) is 0 Å².